The summed E-state index contributed by atoms with van der Waals surface area (Å²) in [6.07, 6.45) is 2.07. The van der Waals surface area contributed by atoms with Crippen molar-refractivity contribution in [1.29, 1.82) is 0 Å². The third-order valence-corrected chi connectivity index (χ3v) is 9.60. The molecule has 0 fully saturated rings. The topological polar surface area (TPSA) is 34.5 Å². The summed E-state index contributed by atoms with van der Waals surface area (Å²) in [5.74, 6) is 0. The summed E-state index contributed by atoms with van der Waals surface area (Å²) in [6.45, 7) is 12.0. The SMILES string of the molecule is [C-]#[N+]c1ccc2c(c1)C(C)(C)c1cc(-c3cccc(-c4ccc5nc(-c6ccccc6)c6c(nc7ccccn76)c5c4)c3)ccc1-2. The largest absolute Gasteiger partial charge is 0.298 e. The molecule has 1 aliphatic carbocycles. The van der Waals surface area contributed by atoms with Crippen molar-refractivity contribution < 1.29 is 0 Å². The molecule has 5 aromatic carbocycles. The number of hydrogen-bond donors (Lipinski definition) is 0. The maximum absolute atomic E-state index is 7.51. The normalized spacial score (nSPS) is 13.2. The Morgan fingerprint density at radius 1 is 0.609 bits per heavy atom. The molecular formula is C42H28N4. The van der Waals surface area contributed by atoms with E-state index < -0.39 is 0 Å². The molecule has 0 spiro atoms. The predicted octanol–water partition coefficient (Wildman–Crippen LogP) is 10.9. The Labute approximate surface area is 267 Å². The van der Waals surface area contributed by atoms with Gasteiger partial charge in [-0.05, 0) is 80.9 Å². The van der Waals surface area contributed by atoms with Gasteiger partial charge in [0.2, 0.25) is 0 Å². The van der Waals surface area contributed by atoms with Crippen LogP contribution in [-0.2, 0) is 5.41 Å². The van der Waals surface area contributed by atoms with Crippen molar-refractivity contribution in [2.24, 2.45) is 0 Å². The van der Waals surface area contributed by atoms with Crippen molar-refractivity contribution in [3.63, 3.8) is 0 Å². The second-order valence-electron chi connectivity index (χ2n) is 12.6. The Bertz CT molecular complexity index is 2570. The van der Waals surface area contributed by atoms with Crippen LogP contribution in [0.5, 0.6) is 0 Å². The van der Waals surface area contributed by atoms with Gasteiger partial charge in [-0.3, -0.25) is 4.40 Å². The summed E-state index contributed by atoms with van der Waals surface area (Å²) in [5, 5.41) is 1.04. The zero-order chi connectivity index (χ0) is 31.0. The van der Waals surface area contributed by atoms with E-state index in [1.807, 2.05) is 30.3 Å². The van der Waals surface area contributed by atoms with Crippen molar-refractivity contribution in [2.75, 3.05) is 0 Å². The van der Waals surface area contributed by atoms with E-state index in [1.54, 1.807) is 0 Å². The summed E-state index contributed by atoms with van der Waals surface area (Å²) in [7, 11) is 0. The van der Waals surface area contributed by atoms with Crippen molar-refractivity contribution in [2.45, 2.75) is 19.3 Å². The van der Waals surface area contributed by atoms with E-state index in [2.05, 4.69) is 126 Å². The highest BCUT2D eigenvalue weighted by Crippen LogP contribution is 2.50. The lowest BCUT2D eigenvalue weighted by Crippen LogP contribution is -2.14. The first-order chi connectivity index (χ1) is 22.5. The van der Waals surface area contributed by atoms with Crippen LogP contribution in [-0.4, -0.2) is 14.4 Å². The molecule has 46 heavy (non-hydrogen) atoms. The van der Waals surface area contributed by atoms with E-state index in [0.29, 0.717) is 5.69 Å². The second kappa shape index (κ2) is 9.72. The summed E-state index contributed by atoms with van der Waals surface area (Å²) >= 11 is 0. The van der Waals surface area contributed by atoms with E-state index in [4.69, 9.17) is 16.5 Å². The number of imidazole rings is 1. The Hall–Kier alpha value is -6.05. The number of benzene rings is 5. The van der Waals surface area contributed by atoms with Gasteiger partial charge in [0.1, 0.15) is 11.2 Å². The molecule has 0 atom stereocenters. The molecule has 0 aliphatic heterocycles. The number of pyridine rings is 2. The van der Waals surface area contributed by atoms with Gasteiger partial charge in [0.15, 0.2) is 5.69 Å². The first-order valence-electron chi connectivity index (χ1n) is 15.5. The highest BCUT2D eigenvalue weighted by Gasteiger charge is 2.35. The molecule has 8 aromatic rings. The quantitative estimate of drug-likeness (QED) is 0.192. The summed E-state index contributed by atoms with van der Waals surface area (Å²) in [5.41, 5.74) is 16.0. The third-order valence-electron chi connectivity index (χ3n) is 9.60. The number of fused-ring (bicyclic) bond motifs is 8. The zero-order valence-corrected chi connectivity index (χ0v) is 25.5. The fourth-order valence-corrected chi connectivity index (χ4v) is 7.24. The molecule has 0 N–H and O–H groups in total. The summed E-state index contributed by atoms with van der Waals surface area (Å²) in [6, 6.07) is 44.7. The Morgan fingerprint density at radius 2 is 1.28 bits per heavy atom. The van der Waals surface area contributed by atoms with Crippen LogP contribution >= 0.6 is 0 Å². The highest BCUT2D eigenvalue weighted by atomic mass is 15.0. The minimum absolute atomic E-state index is 0.178. The maximum Gasteiger partial charge on any atom is 0.187 e. The molecule has 3 heterocycles. The average Bonchev–Trinajstić information content (AvgIpc) is 3.61. The molecule has 0 radical (unpaired) electrons. The monoisotopic (exact) mass is 588 g/mol. The van der Waals surface area contributed by atoms with Crippen LogP contribution in [0.15, 0.2) is 134 Å². The molecule has 3 aromatic heterocycles. The Balaban J connectivity index is 1.17. The standard InChI is InChI=1S/C42H28N4/c1-42(2)35-24-30(15-18-32(35)33-19-17-31(43-3)25-36(33)42)28-13-9-12-27(22-28)29-16-20-37-34(23-29)40-41(46-21-8-7-14-38(46)45-40)39(44-37)26-10-5-4-6-11-26/h4-25H,1-2H3. The number of rotatable bonds is 3. The molecular weight excluding hydrogens is 560 g/mol. The molecule has 0 unspecified atom stereocenters. The smallest absolute Gasteiger partial charge is 0.187 e. The van der Waals surface area contributed by atoms with Gasteiger partial charge < -0.3 is 0 Å². The van der Waals surface area contributed by atoms with E-state index in [-0.39, 0.29) is 5.41 Å². The second-order valence-corrected chi connectivity index (χ2v) is 12.6. The minimum Gasteiger partial charge on any atom is -0.298 e. The van der Waals surface area contributed by atoms with Gasteiger partial charge in [-0.1, -0.05) is 105 Å². The lowest BCUT2D eigenvalue weighted by molar-refractivity contribution is 0.661. The molecule has 0 saturated heterocycles. The minimum atomic E-state index is -0.178. The Kier molecular flexibility index (Phi) is 5.57. The highest BCUT2D eigenvalue weighted by molar-refractivity contribution is 6.10. The first-order valence-corrected chi connectivity index (χ1v) is 15.5. The lowest BCUT2D eigenvalue weighted by atomic mass is 9.81. The van der Waals surface area contributed by atoms with Gasteiger partial charge >= 0.3 is 0 Å². The molecule has 216 valence electrons. The molecule has 4 nitrogen and oxygen atoms in total. The first kappa shape index (κ1) is 26.4. The van der Waals surface area contributed by atoms with Crippen LogP contribution in [0.4, 0.5) is 5.69 Å². The molecule has 1 aliphatic rings. The van der Waals surface area contributed by atoms with E-state index in [1.165, 1.54) is 33.4 Å². The molecule has 4 heteroatoms. The van der Waals surface area contributed by atoms with Gasteiger partial charge in [0.25, 0.3) is 0 Å². The molecule has 0 amide bonds. The van der Waals surface area contributed by atoms with Crippen molar-refractivity contribution in [3.8, 4) is 44.6 Å². The van der Waals surface area contributed by atoms with Crippen molar-refractivity contribution >= 4 is 33.3 Å². The van der Waals surface area contributed by atoms with Gasteiger partial charge in [-0.25, -0.2) is 14.8 Å². The van der Waals surface area contributed by atoms with Gasteiger partial charge in [-0.15, -0.1) is 0 Å². The number of nitrogens with zero attached hydrogens (tertiary/aromatic N) is 4. The fourth-order valence-electron chi connectivity index (χ4n) is 7.24. The Morgan fingerprint density at radius 3 is 2.09 bits per heavy atom. The molecule has 0 bridgehead atoms. The van der Waals surface area contributed by atoms with Crippen LogP contribution in [0.3, 0.4) is 0 Å². The van der Waals surface area contributed by atoms with Crippen LogP contribution in [0.25, 0.3) is 77.1 Å². The maximum atomic E-state index is 7.51. The van der Waals surface area contributed by atoms with Gasteiger partial charge in [0, 0.05) is 22.6 Å². The van der Waals surface area contributed by atoms with E-state index in [0.717, 1.165) is 50.0 Å². The fraction of sp³-hybridized carbons (Fsp3) is 0.0714. The number of hydrogen-bond acceptors (Lipinski definition) is 2. The van der Waals surface area contributed by atoms with E-state index >= 15 is 0 Å². The number of aromatic nitrogens is 3. The van der Waals surface area contributed by atoms with Crippen LogP contribution in [0.1, 0.15) is 25.0 Å². The van der Waals surface area contributed by atoms with Crippen LogP contribution < -0.4 is 0 Å². The van der Waals surface area contributed by atoms with Gasteiger partial charge in [0.05, 0.1) is 23.3 Å². The van der Waals surface area contributed by atoms with Crippen molar-refractivity contribution in [3.05, 3.63) is 156 Å². The van der Waals surface area contributed by atoms with Crippen LogP contribution in [0, 0.1) is 6.57 Å². The zero-order valence-electron chi connectivity index (χ0n) is 25.5. The van der Waals surface area contributed by atoms with Crippen LogP contribution in [0.2, 0.25) is 0 Å². The van der Waals surface area contributed by atoms with Gasteiger partial charge in [-0.2, -0.15) is 0 Å². The molecule has 0 saturated carbocycles. The lowest BCUT2D eigenvalue weighted by Gasteiger charge is -2.22. The summed E-state index contributed by atoms with van der Waals surface area (Å²) in [4.78, 5) is 14.0. The molecule has 9 rings (SSSR count). The average molecular weight is 589 g/mol. The predicted molar refractivity (Wildman–Crippen MR) is 188 cm³/mol. The van der Waals surface area contributed by atoms with E-state index in [9.17, 15) is 0 Å². The third kappa shape index (κ3) is 3.85. The summed E-state index contributed by atoms with van der Waals surface area (Å²) < 4.78 is 2.15. The van der Waals surface area contributed by atoms with Crippen molar-refractivity contribution in [1.82, 2.24) is 14.4 Å².